The van der Waals surface area contributed by atoms with Crippen molar-refractivity contribution in [1.29, 1.82) is 0 Å². The average molecular weight is 304 g/mol. The number of sulfonamides is 1. The van der Waals surface area contributed by atoms with Gasteiger partial charge in [-0.05, 0) is 26.7 Å². The molecule has 6 nitrogen and oxygen atoms in total. The Morgan fingerprint density at radius 1 is 1.25 bits per heavy atom. The van der Waals surface area contributed by atoms with Gasteiger partial charge in [0.25, 0.3) is 0 Å². The van der Waals surface area contributed by atoms with Crippen LogP contribution in [0.2, 0.25) is 0 Å². The van der Waals surface area contributed by atoms with Crippen molar-refractivity contribution in [1.82, 2.24) is 10.0 Å². The molecule has 0 aromatic heterocycles. The molecule has 4 N–H and O–H groups in total. The van der Waals surface area contributed by atoms with Crippen LogP contribution in [0, 0.1) is 0 Å². The maximum absolute atomic E-state index is 11.2. The van der Waals surface area contributed by atoms with Gasteiger partial charge in [-0.2, -0.15) is 0 Å². The summed E-state index contributed by atoms with van der Waals surface area (Å²) < 4.78 is 25.0. The lowest BCUT2D eigenvalue weighted by molar-refractivity contribution is 0.463. The molecule has 0 radical (unpaired) electrons. The van der Waals surface area contributed by atoms with E-state index in [9.17, 15) is 8.42 Å². The largest absolute Gasteiger partial charge is 0.370 e. The Morgan fingerprint density at radius 2 is 1.80 bits per heavy atom. The number of guanidine groups is 1. The smallest absolute Gasteiger partial charge is 0.209 e. The molecule has 1 rings (SSSR count). The minimum absolute atomic E-state index is 0.311. The first-order chi connectivity index (χ1) is 9.18. The van der Waals surface area contributed by atoms with Crippen LogP contribution >= 0.6 is 0 Å². The minimum atomic E-state index is -3.24. The monoisotopic (exact) mass is 304 g/mol. The first-order valence-corrected chi connectivity index (χ1v) is 9.12. The van der Waals surface area contributed by atoms with E-state index in [2.05, 4.69) is 15.0 Å². The summed E-state index contributed by atoms with van der Waals surface area (Å²) in [5.74, 6) is 0.403. The van der Waals surface area contributed by atoms with E-state index in [4.69, 9.17) is 5.73 Å². The third-order valence-corrected chi connectivity index (χ3v) is 4.24. The highest BCUT2D eigenvalue weighted by molar-refractivity contribution is 7.88. The van der Waals surface area contributed by atoms with E-state index in [0.29, 0.717) is 18.5 Å². The molecule has 0 spiro atoms. The van der Waals surface area contributed by atoms with Crippen LogP contribution in [0.15, 0.2) is 4.99 Å². The van der Waals surface area contributed by atoms with Gasteiger partial charge in [0.1, 0.15) is 0 Å². The number of hydrogen-bond donors (Lipinski definition) is 3. The second kappa shape index (κ2) is 7.26. The van der Waals surface area contributed by atoms with Crippen molar-refractivity contribution in [2.45, 2.75) is 64.0 Å². The maximum atomic E-state index is 11.2. The Morgan fingerprint density at radius 3 is 2.30 bits per heavy atom. The molecule has 7 heteroatoms. The molecular weight excluding hydrogens is 276 g/mol. The van der Waals surface area contributed by atoms with Gasteiger partial charge in [0.15, 0.2) is 5.96 Å². The fourth-order valence-electron chi connectivity index (χ4n) is 2.50. The number of nitrogens with zero attached hydrogens (tertiary/aromatic N) is 1. The molecule has 0 unspecified atom stereocenters. The van der Waals surface area contributed by atoms with Crippen LogP contribution in [-0.2, 0) is 10.0 Å². The minimum Gasteiger partial charge on any atom is -0.370 e. The second-order valence-electron chi connectivity index (χ2n) is 6.29. The molecule has 118 valence electrons. The summed E-state index contributed by atoms with van der Waals surface area (Å²) >= 11 is 0. The molecule has 20 heavy (non-hydrogen) atoms. The Hall–Kier alpha value is -0.820. The standard InChI is InChI=1S/C13H28N4O2S/c1-13(2,17-20(3,18)19)10-15-12(14)16-11-8-6-4-5-7-9-11/h11,17H,4-10H2,1-3H3,(H3,14,15,16). The number of nitrogens with one attached hydrogen (secondary N) is 2. The van der Waals surface area contributed by atoms with E-state index in [-0.39, 0.29) is 0 Å². The fraction of sp³-hybridized carbons (Fsp3) is 0.923. The predicted octanol–water partition coefficient (Wildman–Crippen LogP) is 0.941. The quantitative estimate of drug-likeness (QED) is 0.400. The van der Waals surface area contributed by atoms with Crippen molar-refractivity contribution in [3.05, 3.63) is 0 Å². The van der Waals surface area contributed by atoms with Crippen molar-refractivity contribution in [3.8, 4) is 0 Å². The molecule has 0 saturated heterocycles. The molecule has 0 aromatic rings. The molecule has 1 fully saturated rings. The molecule has 1 aliphatic carbocycles. The van der Waals surface area contributed by atoms with Gasteiger partial charge in [-0.15, -0.1) is 0 Å². The normalized spacial score (nSPS) is 19.6. The highest BCUT2D eigenvalue weighted by Gasteiger charge is 2.22. The molecule has 0 aliphatic heterocycles. The molecule has 0 atom stereocenters. The van der Waals surface area contributed by atoms with Gasteiger partial charge < -0.3 is 11.1 Å². The van der Waals surface area contributed by atoms with E-state index < -0.39 is 15.6 Å². The number of nitrogens with two attached hydrogens (primary N) is 1. The first kappa shape index (κ1) is 17.2. The van der Waals surface area contributed by atoms with Crippen LogP contribution < -0.4 is 15.8 Å². The first-order valence-electron chi connectivity index (χ1n) is 7.23. The molecule has 0 bridgehead atoms. The highest BCUT2D eigenvalue weighted by atomic mass is 32.2. The third kappa shape index (κ3) is 7.69. The number of rotatable bonds is 5. The lowest BCUT2D eigenvalue weighted by Gasteiger charge is -2.23. The Labute approximate surface area is 122 Å². The summed E-state index contributed by atoms with van der Waals surface area (Å²) in [7, 11) is -3.24. The lowest BCUT2D eigenvalue weighted by Crippen LogP contribution is -2.47. The zero-order chi connectivity index (χ0) is 15.2. The van der Waals surface area contributed by atoms with Gasteiger partial charge in [0, 0.05) is 11.6 Å². The summed E-state index contributed by atoms with van der Waals surface area (Å²) in [5.41, 5.74) is 5.25. The zero-order valence-corrected chi connectivity index (χ0v) is 13.6. The van der Waals surface area contributed by atoms with Crippen LogP contribution in [0.25, 0.3) is 0 Å². The van der Waals surface area contributed by atoms with Gasteiger partial charge in [-0.3, -0.25) is 4.99 Å². The summed E-state index contributed by atoms with van der Waals surface area (Å²) in [6.45, 7) is 3.89. The molecule has 0 amide bonds. The SMILES string of the molecule is CC(C)(CN=C(N)NC1CCCCCC1)NS(C)(=O)=O. The van der Waals surface area contributed by atoms with E-state index in [0.717, 1.165) is 19.1 Å². The predicted molar refractivity (Wildman–Crippen MR) is 83.2 cm³/mol. The summed E-state index contributed by atoms with van der Waals surface area (Å²) in [5, 5.41) is 3.24. The fourth-order valence-corrected chi connectivity index (χ4v) is 3.56. The van der Waals surface area contributed by atoms with Gasteiger partial charge >= 0.3 is 0 Å². The Bertz CT molecular complexity index is 424. The number of aliphatic imine (C=N–C) groups is 1. The van der Waals surface area contributed by atoms with Crippen molar-refractivity contribution in [2.24, 2.45) is 10.7 Å². The average Bonchev–Trinajstić information content (AvgIpc) is 2.52. The molecule has 1 aliphatic rings. The van der Waals surface area contributed by atoms with Crippen LogP contribution in [0.5, 0.6) is 0 Å². The molecule has 0 heterocycles. The zero-order valence-electron chi connectivity index (χ0n) is 12.8. The van der Waals surface area contributed by atoms with Crippen molar-refractivity contribution in [3.63, 3.8) is 0 Å². The van der Waals surface area contributed by atoms with Gasteiger partial charge in [-0.25, -0.2) is 13.1 Å². The maximum Gasteiger partial charge on any atom is 0.209 e. The lowest BCUT2D eigenvalue weighted by atomic mass is 10.1. The van der Waals surface area contributed by atoms with E-state index in [1.54, 1.807) is 13.8 Å². The van der Waals surface area contributed by atoms with E-state index >= 15 is 0 Å². The molecule has 1 saturated carbocycles. The number of hydrogen-bond acceptors (Lipinski definition) is 3. The summed E-state index contributed by atoms with van der Waals surface area (Å²) in [4.78, 5) is 4.26. The van der Waals surface area contributed by atoms with E-state index in [1.807, 2.05) is 0 Å². The van der Waals surface area contributed by atoms with Crippen molar-refractivity contribution in [2.75, 3.05) is 12.8 Å². The summed E-state index contributed by atoms with van der Waals surface area (Å²) in [6.07, 6.45) is 8.44. The van der Waals surface area contributed by atoms with E-state index in [1.165, 1.54) is 25.7 Å². The van der Waals surface area contributed by atoms with Crippen LogP contribution in [0.4, 0.5) is 0 Å². The second-order valence-corrected chi connectivity index (χ2v) is 8.04. The Balaban J connectivity index is 2.47. The van der Waals surface area contributed by atoms with Crippen LogP contribution in [-0.4, -0.2) is 38.8 Å². The van der Waals surface area contributed by atoms with Gasteiger partial charge in [0.2, 0.25) is 10.0 Å². The highest BCUT2D eigenvalue weighted by Crippen LogP contribution is 2.17. The molecule has 0 aromatic carbocycles. The Kier molecular flexibility index (Phi) is 6.26. The van der Waals surface area contributed by atoms with Crippen LogP contribution in [0.3, 0.4) is 0 Å². The van der Waals surface area contributed by atoms with Crippen molar-refractivity contribution >= 4 is 16.0 Å². The molecular formula is C13H28N4O2S. The summed E-state index contributed by atoms with van der Waals surface area (Å²) in [6, 6.07) is 0.396. The topological polar surface area (TPSA) is 96.6 Å². The van der Waals surface area contributed by atoms with Gasteiger partial charge in [-0.1, -0.05) is 25.7 Å². The van der Waals surface area contributed by atoms with Crippen LogP contribution in [0.1, 0.15) is 52.4 Å². The van der Waals surface area contributed by atoms with Gasteiger partial charge in [0.05, 0.1) is 12.8 Å². The van der Waals surface area contributed by atoms with Crippen molar-refractivity contribution < 1.29 is 8.42 Å². The third-order valence-electron chi connectivity index (χ3n) is 3.31.